The third-order valence-electron chi connectivity index (χ3n) is 5.37. The monoisotopic (exact) mass is 407 g/mol. The molecule has 7 nitrogen and oxygen atoms in total. The Balaban J connectivity index is 1.42. The van der Waals surface area contributed by atoms with Gasteiger partial charge in [-0.3, -0.25) is 14.5 Å². The van der Waals surface area contributed by atoms with Crippen LogP contribution in [0.5, 0.6) is 0 Å². The fraction of sp³-hybridized carbons (Fsp3) is 0.348. The van der Waals surface area contributed by atoms with Gasteiger partial charge in [-0.2, -0.15) is 0 Å². The van der Waals surface area contributed by atoms with Crippen LogP contribution in [0.3, 0.4) is 0 Å². The maximum atomic E-state index is 12.7. The standard InChI is InChI=1S/C23H25N3O4/c1-23(2)15-25(22(29)30-14-16-8-4-3-5-9-16)12-17(24-23)13-26-20(27)18-10-6-7-11-19(18)21(26)28/h3-11,17,24H,12-15H2,1-2H3. The summed E-state index contributed by atoms with van der Waals surface area (Å²) >= 11 is 0. The topological polar surface area (TPSA) is 79.0 Å². The van der Waals surface area contributed by atoms with Crippen LogP contribution in [0, 0.1) is 0 Å². The van der Waals surface area contributed by atoms with Crippen molar-refractivity contribution in [3.8, 4) is 0 Å². The number of ether oxygens (including phenoxy) is 1. The van der Waals surface area contributed by atoms with Crippen LogP contribution in [-0.2, 0) is 11.3 Å². The third-order valence-corrected chi connectivity index (χ3v) is 5.37. The SMILES string of the molecule is CC1(C)CN(C(=O)OCc2ccccc2)CC(CN2C(=O)c3ccccc3C2=O)N1. The van der Waals surface area contributed by atoms with Crippen molar-refractivity contribution in [2.75, 3.05) is 19.6 Å². The van der Waals surface area contributed by atoms with Gasteiger partial charge >= 0.3 is 6.09 Å². The smallest absolute Gasteiger partial charge is 0.410 e. The zero-order valence-corrected chi connectivity index (χ0v) is 17.1. The number of hydrogen-bond donors (Lipinski definition) is 1. The lowest BCUT2D eigenvalue weighted by atomic mass is 9.98. The summed E-state index contributed by atoms with van der Waals surface area (Å²) in [5, 5.41) is 3.45. The van der Waals surface area contributed by atoms with E-state index in [2.05, 4.69) is 5.32 Å². The number of rotatable bonds is 4. The van der Waals surface area contributed by atoms with Gasteiger partial charge in [0, 0.05) is 31.2 Å². The van der Waals surface area contributed by atoms with E-state index in [4.69, 9.17) is 4.74 Å². The van der Waals surface area contributed by atoms with Crippen LogP contribution in [0.15, 0.2) is 54.6 Å². The lowest BCUT2D eigenvalue weighted by molar-refractivity contribution is 0.0489. The summed E-state index contributed by atoms with van der Waals surface area (Å²) in [6.07, 6.45) is -0.402. The van der Waals surface area contributed by atoms with E-state index >= 15 is 0 Å². The summed E-state index contributed by atoms with van der Waals surface area (Å²) in [5.74, 6) is -0.585. The van der Waals surface area contributed by atoms with Crippen molar-refractivity contribution in [3.05, 3.63) is 71.3 Å². The van der Waals surface area contributed by atoms with E-state index in [9.17, 15) is 14.4 Å². The maximum Gasteiger partial charge on any atom is 0.410 e. The van der Waals surface area contributed by atoms with Crippen molar-refractivity contribution in [1.29, 1.82) is 0 Å². The van der Waals surface area contributed by atoms with Crippen LogP contribution in [0.2, 0.25) is 0 Å². The second-order valence-electron chi connectivity index (χ2n) is 8.41. The predicted octanol–water partition coefficient (Wildman–Crippen LogP) is 2.67. The molecule has 7 heteroatoms. The predicted molar refractivity (Wildman–Crippen MR) is 111 cm³/mol. The summed E-state index contributed by atoms with van der Waals surface area (Å²) < 4.78 is 5.48. The molecule has 1 N–H and O–H groups in total. The van der Waals surface area contributed by atoms with Gasteiger partial charge in [0.2, 0.25) is 0 Å². The fourth-order valence-corrected chi connectivity index (χ4v) is 4.13. The Morgan fingerprint density at radius 3 is 2.27 bits per heavy atom. The molecule has 1 fully saturated rings. The third kappa shape index (κ3) is 4.07. The molecule has 0 aromatic heterocycles. The van der Waals surface area contributed by atoms with Crippen LogP contribution in [0.25, 0.3) is 0 Å². The Morgan fingerprint density at radius 1 is 1.03 bits per heavy atom. The van der Waals surface area contributed by atoms with Gasteiger partial charge < -0.3 is 15.0 Å². The molecule has 1 saturated heterocycles. The first-order valence-corrected chi connectivity index (χ1v) is 10.0. The summed E-state index contributed by atoms with van der Waals surface area (Å²) in [4.78, 5) is 41.0. The number of benzene rings is 2. The molecule has 0 saturated carbocycles. The minimum absolute atomic E-state index is 0.193. The average molecular weight is 407 g/mol. The number of nitrogens with one attached hydrogen (secondary N) is 1. The number of amides is 3. The molecule has 4 rings (SSSR count). The van der Waals surface area contributed by atoms with Gasteiger partial charge in [0.15, 0.2) is 0 Å². The van der Waals surface area contributed by atoms with E-state index in [1.807, 2.05) is 44.2 Å². The molecular weight excluding hydrogens is 382 g/mol. The van der Waals surface area contributed by atoms with Gasteiger partial charge in [-0.15, -0.1) is 0 Å². The van der Waals surface area contributed by atoms with E-state index in [-0.39, 0.29) is 36.5 Å². The summed E-state index contributed by atoms with van der Waals surface area (Å²) in [5.41, 5.74) is 1.39. The molecule has 1 unspecified atom stereocenters. The van der Waals surface area contributed by atoms with E-state index in [0.717, 1.165) is 5.56 Å². The average Bonchev–Trinajstić information content (AvgIpc) is 2.97. The van der Waals surface area contributed by atoms with Crippen molar-refractivity contribution < 1.29 is 19.1 Å². The van der Waals surface area contributed by atoms with Crippen molar-refractivity contribution in [1.82, 2.24) is 15.1 Å². The Bertz CT molecular complexity index is 938. The minimum atomic E-state index is -0.402. The largest absolute Gasteiger partial charge is 0.445 e. The molecular formula is C23H25N3O4. The van der Waals surface area contributed by atoms with Crippen molar-refractivity contribution >= 4 is 17.9 Å². The molecule has 0 spiro atoms. The first-order valence-electron chi connectivity index (χ1n) is 10.0. The highest BCUT2D eigenvalue weighted by Gasteiger charge is 2.40. The molecule has 2 aliphatic rings. The second-order valence-corrected chi connectivity index (χ2v) is 8.41. The summed E-state index contributed by atoms with van der Waals surface area (Å²) in [6, 6.07) is 16.1. The molecule has 0 radical (unpaired) electrons. The molecule has 2 aliphatic heterocycles. The van der Waals surface area contributed by atoms with Gasteiger partial charge in [-0.1, -0.05) is 42.5 Å². The maximum absolute atomic E-state index is 12.7. The Hall–Kier alpha value is -3.19. The van der Waals surface area contributed by atoms with Gasteiger partial charge in [0.25, 0.3) is 11.8 Å². The van der Waals surface area contributed by atoms with Gasteiger partial charge in [-0.05, 0) is 31.5 Å². The van der Waals surface area contributed by atoms with E-state index in [0.29, 0.717) is 24.2 Å². The normalized spacial score (nSPS) is 20.3. The number of piperazine rings is 1. The van der Waals surface area contributed by atoms with Gasteiger partial charge in [-0.25, -0.2) is 4.79 Å². The lowest BCUT2D eigenvalue weighted by Crippen LogP contribution is -2.65. The van der Waals surface area contributed by atoms with Gasteiger partial charge in [0.1, 0.15) is 6.61 Å². The molecule has 1 atom stereocenters. The highest BCUT2D eigenvalue weighted by atomic mass is 16.6. The number of imide groups is 1. The van der Waals surface area contributed by atoms with Crippen LogP contribution < -0.4 is 5.32 Å². The lowest BCUT2D eigenvalue weighted by Gasteiger charge is -2.43. The molecule has 0 aliphatic carbocycles. The van der Waals surface area contributed by atoms with Crippen molar-refractivity contribution in [3.63, 3.8) is 0 Å². The first-order chi connectivity index (χ1) is 14.3. The number of nitrogens with zero attached hydrogens (tertiary/aromatic N) is 2. The Morgan fingerprint density at radius 2 is 1.63 bits per heavy atom. The number of hydrogen-bond acceptors (Lipinski definition) is 5. The molecule has 2 aromatic rings. The van der Waals surface area contributed by atoms with E-state index in [1.165, 1.54) is 4.90 Å². The highest BCUT2D eigenvalue weighted by Crippen LogP contribution is 2.24. The minimum Gasteiger partial charge on any atom is -0.445 e. The highest BCUT2D eigenvalue weighted by molar-refractivity contribution is 6.21. The number of carbonyl (C=O) groups is 3. The first kappa shape index (κ1) is 20.1. The van der Waals surface area contributed by atoms with Crippen LogP contribution >= 0.6 is 0 Å². The Labute approximate surface area is 175 Å². The van der Waals surface area contributed by atoms with Gasteiger partial charge in [0.05, 0.1) is 11.1 Å². The molecule has 30 heavy (non-hydrogen) atoms. The van der Waals surface area contributed by atoms with Crippen molar-refractivity contribution in [2.24, 2.45) is 0 Å². The molecule has 0 bridgehead atoms. The second kappa shape index (κ2) is 7.91. The van der Waals surface area contributed by atoms with Crippen LogP contribution in [-0.4, -0.2) is 58.9 Å². The van der Waals surface area contributed by atoms with E-state index < -0.39 is 6.09 Å². The van der Waals surface area contributed by atoms with Crippen LogP contribution in [0.1, 0.15) is 40.1 Å². The Kier molecular flexibility index (Phi) is 5.30. The molecule has 156 valence electrons. The van der Waals surface area contributed by atoms with E-state index in [1.54, 1.807) is 29.2 Å². The van der Waals surface area contributed by atoms with Crippen molar-refractivity contribution in [2.45, 2.75) is 32.0 Å². The zero-order valence-electron chi connectivity index (χ0n) is 17.1. The molecule has 2 heterocycles. The van der Waals surface area contributed by atoms with Crippen LogP contribution in [0.4, 0.5) is 4.79 Å². The number of fused-ring (bicyclic) bond motifs is 1. The summed E-state index contributed by atoms with van der Waals surface area (Å²) in [6.45, 7) is 5.19. The zero-order chi connectivity index (χ0) is 21.3. The summed E-state index contributed by atoms with van der Waals surface area (Å²) in [7, 11) is 0. The molecule has 3 amide bonds. The quantitative estimate of drug-likeness (QED) is 0.789. The fourth-order valence-electron chi connectivity index (χ4n) is 4.13. The molecule has 2 aromatic carbocycles. The number of carbonyl (C=O) groups excluding carboxylic acids is 3.